The summed E-state index contributed by atoms with van der Waals surface area (Å²) >= 11 is 0. The van der Waals surface area contributed by atoms with E-state index in [2.05, 4.69) is 10.4 Å². The fourth-order valence-electron chi connectivity index (χ4n) is 1.82. The lowest BCUT2D eigenvalue weighted by atomic mass is 9.96. The van der Waals surface area contributed by atoms with Crippen molar-refractivity contribution in [2.75, 3.05) is 11.1 Å². The van der Waals surface area contributed by atoms with Crippen molar-refractivity contribution in [1.82, 2.24) is 9.78 Å². The molecule has 1 amide bonds. The maximum atomic E-state index is 11.2. The maximum absolute atomic E-state index is 11.2. The second-order valence-electron chi connectivity index (χ2n) is 3.73. The fraction of sp³-hybridized carbons (Fsp3) is 0.444. The van der Waals surface area contributed by atoms with Gasteiger partial charge in [0.15, 0.2) is 5.82 Å². The van der Waals surface area contributed by atoms with E-state index in [1.807, 2.05) is 6.92 Å². The maximum Gasteiger partial charge on any atom is 0.245 e. The van der Waals surface area contributed by atoms with Crippen LogP contribution in [0, 0.1) is 0 Å². The van der Waals surface area contributed by atoms with Gasteiger partial charge < -0.3 is 11.1 Å². The van der Waals surface area contributed by atoms with Crippen molar-refractivity contribution >= 4 is 23.5 Å². The molecule has 0 bridgehead atoms. The fourth-order valence-corrected chi connectivity index (χ4v) is 1.82. The predicted molar refractivity (Wildman–Crippen MR) is 54.6 cm³/mol. The van der Waals surface area contributed by atoms with Crippen molar-refractivity contribution < 1.29 is 9.59 Å². The Labute approximate surface area is 86.4 Å². The number of carbonyl (C=O) groups excluding carboxylic acids is 2. The first-order chi connectivity index (χ1) is 7.00. The first-order valence-electron chi connectivity index (χ1n) is 4.70. The van der Waals surface area contributed by atoms with Gasteiger partial charge in [-0.05, 0) is 5.92 Å². The first-order valence-corrected chi connectivity index (χ1v) is 4.70. The molecule has 0 saturated heterocycles. The van der Waals surface area contributed by atoms with Crippen molar-refractivity contribution in [3.8, 4) is 0 Å². The number of hydrogen-bond acceptors (Lipinski definition) is 4. The number of nitrogens with one attached hydrogen (secondary N) is 1. The summed E-state index contributed by atoms with van der Waals surface area (Å²) < 4.78 is 1.12. The third-order valence-corrected chi connectivity index (χ3v) is 2.50. The Kier molecular flexibility index (Phi) is 1.99. The Hall–Kier alpha value is -1.85. The molecule has 1 atom stereocenters. The summed E-state index contributed by atoms with van der Waals surface area (Å²) in [5.41, 5.74) is 6.54. The molecule has 0 fully saturated rings. The van der Waals surface area contributed by atoms with Crippen LogP contribution in [-0.4, -0.2) is 21.6 Å². The molecule has 1 aromatic heterocycles. The van der Waals surface area contributed by atoms with Gasteiger partial charge in [0.05, 0.1) is 0 Å². The second kappa shape index (κ2) is 3.08. The zero-order chi connectivity index (χ0) is 11.2. The monoisotopic (exact) mass is 208 g/mol. The summed E-state index contributed by atoms with van der Waals surface area (Å²) in [4.78, 5) is 22.4. The molecule has 1 aromatic rings. The average molecular weight is 208 g/mol. The van der Waals surface area contributed by atoms with E-state index < -0.39 is 0 Å². The van der Waals surface area contributed by atoms with E-state index in [0.717, 1.165) is 10.2 Å². The van der Waals surface area contributed by atoms with Gasteiger partial charge in [-0.1, -0.05) is 6.92 Å². The molecule has 0 spiro atoms. The van der Waals surface area contributed by atoms with Crippen LogP contribution in [0.4, 0.5) is 11.6 Å². The number of carbonyl (C=O) groups is 2. The molecule has 6 heteroatoms. The van der Waals surface area contributed by atoms with Crippen LogP contribution in [-0.2, 0) is 4.79 Å². The van der Waals surface area contributed by atoms with Gasteiger partial charge in [-0.25, -0.2) is 0 Å². The number of rotatable bonds is 0. The third kappa shape index (κ3) is 1.38. The topological polar surface area (TPSA) is 90.0 Å². The Morgan fingerprint density at radius 2 is 2.33 bits per heavy atom. The number of fused-ring (bicyclic) bond motifs is 1. The Morgan fingerprint density at radius 3 is 2.93 bits per heavy atom. The molecule has 0 aromatic carbocycles. The van der Waals surface area contributed by atoms with E-state index in [-0.39, 0.29) is 17.7 Å². The smallest absolute Gasteiger partial charge is 0.245 e. The Morgan fingerprint density at radius 1 is 1.67 bits per heavy atom. The molecule has 0 aliphatic carbocycles. The molecule has 0 saturated carbocycles. The van der Waals surface area contributed by atoms with Gasteiger partial charge in [0, 0.05) is 18.9 Å². The van der Waals surface area contributed by atoms with Gasteiger partial charge in [0.2, 0.25) is 11.8 Å². The summed E-state index contributed by atoms with van der Waals surface area (Å²) in [7, 11) is 0. The van der Waals surface area contributed by atoms with E-state index in [9.17, 15) is 9.59 Å². The Balaban J connectivity index is 2.57. The molecular formula is C9H12N4O2. The molecule has 3 N–H and O–H groups in total. The highest BCUT2D eigenvalue weighted by molar-refractivity contribution is 5.95. The lowest BCUT2D eigenvalue weighted by Gasteiger charge is -2.17. The summed E-state index contributed by atoms with van der Waals surface area (Å²) in [6.07, 6.45) is 0.376. The lowest BCUT2D eigenvalue weighted by Crippen LogP contribution is -2.21. The van der Waals surface area contributed by atoms with E-state index in [4.69, 9.17) is 5.73 Å². The van der Waals surface area contributed by atoms with E-state index in [1.165, 1.54) is 6.92 Å². The number of nitrogen functional groups attached to an aromatic ring is 1. The minimum absolute atomic E-state index is 0.00171. The molecule has 6 nitrogen and oxygen atoms in total. The minimum Gasteiger partial charge on any atom is -0.383 e. The van der Waals surface area contributed by atoms with Crippen LogP contribution in [0.15, 0.2) is 0 Å². The second-order valence-corrected chi connectivity index (χ2v) is 3.73. The number of amides is 1. The van der Waals surface area contributed by atoms with Crippen LogP contribution in [0.5, 0.6) is 0 Å². The third-order valence-electron chi connectivity index (χ3n) is 2.50. The number of anilines is 2. The first kappa shape index (κ1) is 9.70. The number of hydrogen-bond donors (Lipinski definition) is 2. The van der Waals surface area contributed by atoms with Crippen molar-refractivity contribution in [1.29, 1.82) is 0 Å². The average Bonchev–Trinajstić information content (AvgIpc) is 2.42. The van der Waals surface area contributed by atoms with Crippen LogP contribution in [0.2, 0.25) is 0 Å². The molecule has 2 rings (SSSR count). The van der Waals surface area contributed by atoms with Crippen LogP contribution < -0.4 is 11.1 Å². The van der Waals surface area contributed by atoms with Gasteiger partial charge in [0.25, 0.3) is 0 Å². The van der Waals surface area contributed by atoms with Crippen LogP contribution in [0.25, 0.3) is 0 Å². The molecule has 1 aliphatic heterocycles. The standard InChI is InChI=1S/C9H12N4O2/c1-4-3-6(15)11-9-7(4)8(10)13(12-9)5(2)14/h4H,3,10H2,1-2H3,(H,11,12,15). The van der Waals surface area contributed by atoms with Crippen LogP contribution in [0.3, 0.4) is 0 Å². The predicted octanol–water partition coefficient (Wildman–Crippen LogP) is 0.571. The zero-order valence-electron chi connectivity index (χ0n) is 8.57. The molecule has 2 heterocycles. The molecule has 1 unspecified atom stereocenters. The quantitative estimate of drug-likeness (QED) is 0.652. The van der Waals surface area contributed by atoms with Gasteiger partial charge in [-0.2, -0.15) is 4.68 Å². The summed E-state index contributed by atoms with van der Waals surface area (Å²) in [6, 6.07) is 0. The molecule has 1 aliphatic rings. The summed E-state index contributed by atoms with van der Waals surface area (Å²) in [5.74, 6) is 0.379. The van der Waals surface area contributed by atoms with E-state index >= 15 is 0 Å². The van der Waals surface area contributed by atoms with Crippen LogP contribution >= 0.6 is 0 Å². The van der Waals surface area contributed by atoms with Crippen molar-refractivity contribution in [3.63, 3.8) is 0 Å². The van der Waals surface area contributed by atoms with Crippen molar-refractivity contribution in [2.24, 2.45) is 0 Å². The molecule has 15 heavy (non-hydrogen) atoms. The van der Waals surface area contributed by atoms with Gasteiger partial charge >= 0.3 is 0 Å². The minimum atomic E-state index is -0.261. The normalized spacial score (nSPS) is 19.6. The summed E-state index contributed by atoms with van der Waals surface area (Å²) in [5, 5.41) is 6.56. The number of nitrogens with two attached hydrogens (primary N) is 1. The Bertz CT molecular complexity index is 449. The molecule has 0 radical (unpaired) electrons. The van der Waals surface area contributed by atoms with Crippen molar-refractivity contribution in [3.05, 3.63) is 5.56 Å². The zero-order valence-corrected chi connectivity index (χ0v) is 8.57. The van der Waals surface area contributed by atoms with E-state index in [0.29, 0.717) is 18.1 Å². The number of nitrogens with zero attached hydrogens (tertiary/aromatic N) is 2. The highest BCUT2D eigenvalue weighted by Gasteiger charge is 2.29. The van der Waals surface area contributed by atoms with Crippen LogP contribution in [0.1, 0.15) is 36.5 Å². The number of aromatic nitrogens is 2. The molecule has 80 valence electrons. The van der Waals surface area contributed by atoms with Gasteiger partial charge in [-0.15, -0.1) is 5.10 Å². The SMILES string of the molecule is CC(=O)n1nc2c(c1N)C(C)CC(=O)N2. The van der Waals surface area contributed by atoms with Crippen molar-refractivity contribution in [2.45, 2.75) is 26.2 Å². The lowest BCUT2D eigenvalue weighted by molar-refractivity contribution is -0.116. The molecular weight excluding hydrogens is 196 g/mol. The van der Waals surface area contributed by atoms with Gasteiger partial charge in [-0.3, -0.25) is 9.59 Å². The summed E-state index contributed by atoms with van der Waals surface area (Å²) in [6.45, 7) is 3.27. The van der Waals surface area contributed by atoms with Gasteiger partial charge in [0.1, 0.15) is 5.82 Å². The van der Waals surface area contributed by atoms with E-state index in [1.54, 1.807) is 0 Å². The highest BCUT2D eigenvalue weighted by atomic mass is 16.2. The largest absolute Gasteiger partial charge is 0.383 e. The highest BCUT2D eigenvalue weighted by Crippen LogP contribution is 2.35.